The smallest absolute Gasteiger partial charge is 0.347 e. The van der Waals surface area contributed by atoms with Gasteiger partial charge in [-0.15, -0.1) is 0 Å². The molecule has 0 radical (unpaired) electrons. The third-order valence-electron chi connectivity index (χ3n) is 3.97. The zero-order valence-electron chi connectivity index (χ0n) is 15.0. The predicted molar refractivity (Wildman–Crippen MR) is 92.0 cm³/mol. The molecule has 130 valence electrons. The maximum atomic E-state index is 12.1. The number of hydrogen-bond donors (Lipinski definition) is 1. The second-order valence-corrected chi connectivity index (χ2v) is 6.25. The van der Waals surface area contributed by atoms with Gasteiger partial charge < -0.3 is 5.32 Å². The summed E-state index contributed by atoms with van der Waals surface area (Å²) >= 11 is 0. The van der Waals surface area contributed by atoms with Crippen LogP contribution in [0.2, 0.25) is 0 Å². The largest absolute Gasteiger partial charge is 0.354 e. The molecule has 2 heterocycles. The zero-order chi connectivity index (χ0) is 17.9. The van der Waals surface area contributed by atoms with Gasteiger partial charge in [0.1, 0.15) is 0 Å². The number of rotatable bonds is 6. The molecule has 0 spiro atoms. The fourth-order valence-corrected chi connectivity index (χ4v) is 2.79. The van der Waals surface area contributed by atoms with Crippen molar-refractivity contribution in [2.24, 2.45) is 0 Å². The van der Waals surface area contributed by atoms with Crippen molar-refractivity contribution in [3.8, 4) is 0 Å². The van der Waals surface area contributed by atoms with E-state index in [4.69, 9.17) is 0 Å². The normalized spacial score (nSPS) is 12.2. The van der Waals surface area contributed by atoms with E-state index in [1.807, 2.05) is 44.5 Å². The lowest BCUT2D eigenvalue weighted by Crippen LogP contribution is -2.33. The summed E-state index contributed by atoms with van der Waals surface area (Å²) < 4.78 is 3.44. The van der Waals surface area contributed by atoms with Gasteiger partial charge in [0.05, 0.1) is 11.7 Å². The van der Waals surface area contributed by atoms with E-state index in [1.54, 1.807) is 6.92 Å². The molecule has 24 heavy (non-hydrogen) atoms. The number of nitrogens with zero attached hydrogens (tertiary/aromatic N) is 4. The third-order valence-corrected chi connectivity index (χ3v) is 3.97. The van der Waals surface area contributed by atoms with Crippen LogP contribution in [0.1, 0.15) is 42.2 Å². The van der Waals surface area contributed by atoms with Gasteiger partial charge in [0.25, 0.3) is 0 Å². The highest BCUT2D eigenvalue weighted by atomic mass is 16.2. The van der Waals surface area contributed by atoms with Crippen LogP contribution in [-0.2, 0) is 11.3 Å². The molecule has 1 amide bonds. The van der Waals surface area contributed by atoms with Gasteiger partial charge in [-0.2, -0.15) is 10.1 Å². The van der Waals surface area contributed by atoms with Gasteiger partial charge in [-0.3, -0.25) is 14.0 Å². The van der Waals surface area contributed by atoms with Crippen LogP contribution in [-0.4, -0.2) is 31.8 Å². The molecule has 7 heteroatoms. The molecule has 0 unspecified atom stereocenters. The number of aromatic nitrogens is 4. The monoisotopic (exact) mass is 331 g/mol. The van der Waals surface area contributed by atoms with Crippen LogP contribution < -0.4 is 11.0 Å². The Balaban J connectivity index is 1.88. The third kappa shape index (κ3) is 4.31. The lowest BCUT2D eigenvalue weighted by Gasteiger charge is -2.15. The minimum absolute atomic E-state index is 0.0770. The molecule has 0 aliphatic rings. The van der Waals surface area contributed by atoms with E-state index in [0.29, 0.717) is 18.8 Å². The zero-order valence-corrected chi connectivity index (χ0v) is 15.0. The summed E-state index contributed by atoms with van der Waals surface area (Å²) in [6, 6.07) is 3.93. The van der Waals surface area contributed by atoms with E-state index in [-0.39, 0.29) is 24.1 Å². The second-order valence-electron chi connectivity index (χ2n) is 6.25. The van der Waals surface area contributed by atoms with Gasteiger partial charge in [-0.1, -0.05) is 0 Å². The maximum Gasteiger partial charge on any atom is 0.347 e. The number of carbonyl (C=O) groups is 1. The summed E-state index contributed by atoms with van der Waals surface area (Å²) in [5.41, 5.74) is 3.24. The highest BCUT2D eigenvalue weighted by Crippen LogP contribution is 2.09. The lowest BCUT2D eigenvalue weighted by atomic mass is 10.3. The van der Waals surface area contributed by atoms with Crippen molar-refractivity contribution in [1.29, 1.82) is 0 Å². The fraction of sp³-hybridized carbons (Fsp3) is 0.529. The van der Waals surface area contributed by atoms with E-state index in [0.717, 1.165) is 17.1 Å². The first-order valence-electron chi connectivity index (χ1n) is 8.12. The van der Waals surface area contributed by atoms with E-state index >= 15 is 0 Å². The van der Waals surface area contributed by atoms with E-state index in [1.165, 1.54) is 4.57 Å². The molecule has 2 rings (SSSR count). The molecule has 1 atom stereocenters. The second kappa shape index (κ2) is 7.42. The topological polar surface area (TPSA) is 81.8 Å². The minimum Gasteiger partial charge on any atom is -0.354 e. The lowest BCUT2D eigenvalue weighted by molar-refractivity contribution is -0.121. The molecule has 7 nitrogen and oxygen atoms in total. The summed E-state index contributed by atoms with van der Waals surface area (Å²) in [7, 11) is 0. The van der Waals surface area contributed by atoms with Crippen molar-refractivity contribution < 1.29 is 4.79 Å². The first-order chi connectivity index (χ1) is 11.3. The molecular weight excluding hydrogens is 306 g/mol. The highest BCUT2D eigenvalue weighted by Gasteiger charge is 2.12. The van der Waals surface area contributed by atoms with Crippen LogP contribution in [0.15, 0.2) is 16.9 Å². The predicted octanol–water partition coefficient (Wildman–Crippen LogP) is 1.44. The fourth-order valence-electron chi connectivity index (χ4n) is 2.79. The Labute approximate surface area is 141 Å². The van der Waals surface area contributed by atoms with Crippen LogP contribution in [0.5, 0.6) is 0 Å². The van der Waals surface area contributed by atoms with E-state index in [2.05, 4.69) is 15.4 Å². The molecule has 0 aliphatic heterocycles. The van der Waals surface area contributed by atoms with Crippen LogP contribution in [0.4, 0.5) is 0 Å². The Morgan fingerprint density at radius 3 is 2.42 bits per heavy atom. The van der Waals surface area contributed by atoms with E-state index in [9.17, 15) is 9.59 Å². The number of aryl methyl sites for hydroxylation is 4. The number of hydrogen-bond acceptors (Lipinski definition) is 4. The summed E-state index contributed by atoms with van der Waals surface area (Å²) in [5.74, 6) is -0.0877. The first-order valence-corrected chi connectivity index (χ1v) is 8.12. The highest BCUT2D eigenvalue weighted by molar-refractivity contribution is 5.75. The molecule has 1 N–H and O–H groups in total. The van der Waals surface area contributed by atoms with Crippen LogP contribution in [0.25, 0.3) is 0 Å². The van der Waals surface area contributed by atoms with Gasteiger partial charge in [0, 0.05) is 36.6 Å². The summed E-state index contributed by atoms with van der Waals surface area (Å²) in [5, 5.41) is 7.33. The van der Waals surface area contributed by atoms with Crippen LogP contribution >= 0.6 is 0 Å². The number of amides is 1. The maximum absolute atomic E-state index is 12.1. The molecule has 0 fully saturated rings. The van der Waals surface area contributed by atoms with Gasteiger partial charge in [0.15, 0.2) is 0 Å². The van der Waals surface area contributed by atoms with E-state index < -0.39 is 0 Å². The summed E-state index contributed by atoms with van der Waals surface area (Å²) in [4.78, 5) is 27.8. The number of nitrogens with one attached hydrogen (secondary N) is 1. The first kappa shape index (κ1) is 17.9. The quantitative estimate of drug-likeness (QED) is 0.868. The van der Waals surface area contributed by atoms with Crippen molar-refractivity contribution in [2.45, 2.75) is 53.6 Å². The van der Waals surface area contributed by atoms with Crippen molar-refractivity contribution in [2.75, 3.05) is 6.54 Å². The SMILES string of the molecule is Cc1cc(C)n(CCC(=O)NC[C@@H](C)n2nc(C)cc2C)c(=O)n1. The molecule has 0 aromatic carbocycles. The van der Waals surface area contributed by atoms with Gasteiger partial charge in [-0.25, -0.2) is 4.79 Å². The molecule has 0 saturated heterocycles. The molecule has 2 aromatic heterocycles. The Hall–Kier alpha value is -2.44. The average molecular weight is 331 g/mol. The van der Waals surface area contributed by atoms with Gasteiger partial charge in [-0.05, 0) is 46.8 Å². The average Bonchev–Trinajstić information content (AvgIpc) is 2.82. The molecule has 0 saturated carbocycles. The van der Waals surface area contributed by atoms with Gasteiger partial charge in [0.2, 0.25) is 5.91 Å². The molecule has 0 bridgehead atoms. The Morgan fingerprint density at radius 1 is 1.17 bits per heavy atom. The van der Waals surface area contributed by atoms with Crippen molar-refractivity contribution in [3.05, 3.63) is 45.4 Å². The molecule has 0 aliphatic carbocycles. The number of carbonyl (C=O) groups excluding carboxylic acids is 1. The van der Waals surface area contributed by atoms with Crippen LogP contribution in [0, 0.1) is 27.7 Å². The van der Waals surface area contributed by atoms with Crippen molar-refractivity contribution >= 4 is 5.91 Å². The van der Waals surface area contributed by atoms with Crippen molar-refractivity contribution in [3.63, 3.8) is 0 Å². The summed E-state index contributed by atoms with van der Waals surface area (Å²) in [6.07, 6.45) is 0.245. The standard InChI is InChI=1S/C17H25N5O2/c1-11-8-13(3)21(17(24)19-11)7-6-16(23)18-10-15(5)22-14(4)9-12(2)20-22/h8-9,15H,6-7,10H2,1-5H3,(H,18,23)/t15-/m1/s1. The van der Waals surface area contributed by atoms with Crippen molar-refractivity contribution in [1.82, 2.24) is 24.6 Å². The summed E-state index contributed by atoms with van der Waals surface area (Å²) in [6.45, 7) is 10.4. The minimum atomic E-state index is -0.309. The Morgan fingerprint density at radius 2 is 1.83 bits per heavy atom. The Kier molecular flexibility index (Phi) is 5.54. The van der Waals surface area contributed by atoms with Crippen LogP contribution in [0.3, 0.4) is 0 Å². The molecular formula is C17H25N5O2. The Bertz CT molecular complexity index is 791. The van der Waals surface area contributed by atoms with Gasteiger partial charge >= 0.3 is 5.69 Å². The molecule has 2 aromatic rings.